The molecule has 2 rings (SSSR count). The van der Waals surface area contributed by atoms with Gasteiger partial charge in [0.1, 0.15) is 0 Å². The number of nitrogens with one attached hydrogen (secondary N) is 2. The zero-order chi connectivity index (χ0) is 21.8. The van der Waals surface area contributed by atoms with Crippen LogP contribution in [0.15, 0.2) is 40.9 Å². The molecule has 0 radical (unpaired) electrons. The number of ether oxygens (including phenoxy) is 3. The Morgan fingerprint density at radius 3 is 2.53 bits per heavy atom. The van der Waals surface area contributed by atoms with Crippen LogP contribution >= 0.6 is 15.9 Å². The van der Waals surface area contributed by atoms with Crippen molar-refractivity contribution in [2.24, 2.45) is 0 Å². The van der Waals surface area contributed by atoms with E-state index in [1.807, 2.05) is 50.2 Å². The van der Waals surface area contributed by atoms with Gasteiger partial charge in [0.15, 0.2) is 18.1 Å². The fraction of sp³-hybridized carbons (Fsp3) is 0.409. The number of rotatable bonds is 13. The van der Waals surface area contributed by atoms with E-state index >= 15 is 0 Å². The topological polar surface area (TPSA) is 89.1 Å². The molecule has 8 heteroatoms. The highest BCUT2D eigenvalue weighted by atomic mass is 79.9. The Morgan fingerprint density at radius 1 is 1.10 bits per heavy atom. The van der Waals surface area contributed by atoms with E-state index in [1.165, 1.54) is 0 Å². The molecule has 3 N–H and O–H groups in total. The van der Waals surface area contributed by atoms with Gasteiger partial charge in [-0.1, -0.05) is 33.6 Å². The van der Waals surface area contributed by atoms with E-state index in [4.69, 9.17) is 19.3 Å². The van der Waals surface area contributed by atoms with Gasteiger partial charge in [0.2, 0.25) is 0 Å². The molecular weight excluding hydrogens is 452 g/mol. The number of halogens is 1. The summed E-state index contributed by atoms with van der Waals surface area (Å²) < 4.78 is 17.5. The summed E-state index contributed by atoms with van der Waals surface area (Å²) in [6.07, 6.45) is 0. The number of hydrogen-bond donors (Lipinski definition) is 3. The minimum absolute atomic E-state index is 0.0216. The molecule has 0 bridgehead atoms. The number of carbonyl (C=O) groups is 1. The van der Waals surface area contributed by atoms with Gasteiger partial charge < -0.3 is 30.0 Å². The largest absolute Gasteiger partial charge is 0.490 e. The van der Waals surface area contributed by atoms with Crippen LogP contribution in [0.25, 0.3) is 0 Å². The van der Waals surface area contributed by atoms with Gasteiger partial charge >= 0.3 is 0 Å². The molecule has 0 saturated heterocycles. The van der Waals surface area contributed by atoms with Gasteiger partial charge in [-0.3, -0.25) is 4.79 Å². The summed E-state index contributed by atoms with van der Waals surface area (Å²) in [5, 5.41) is 14.8. The number of carbonyl (C=O) groups excluding carboxylic acids is 1. The average molecular weight is 481 g/mol. The molecule has 7 nitrogen and oxygen atoms in total. The Morgan fingerprint density at radius 2 is 1.83 bits per heavy atom. The second-order valence-electron chi connectivity index (χ2n) is 6.54. The molecule has 0 fully saturated rings. The Kier molecular flexibility index (Phi) is 10.6. The zero-order valence-electron chi connectivity index (χ0n) is 17.4. The molecular formula is C22H29BrN2O5. The Hall–Kier alpha value is -2.13. The summed E-state index contributed by atoms with van der Waals surface area (Å²) in [6.45, 7) is 6.39. The summed E-state index contributed by atoms with van der Waals surface area (Å²) in [5.41, 5.74) is 2.85. The first kappa shape index (κ1) is 24.1. The second kappa shape index (κ2) is 13.2. The van der Waals surface area contributed by atoms with Crippen LogP contribution < -0.4 is 20.1 Å². The van der Waals surface area contributed by atoms with Crippen LogP contribution in [0.2, 0.25) is 0 Å². The van der Waals surface area contributed by atoms with Crippen LogP contribution in [0.5, 0.6) is 11.5 Å². The number of aliphatic hydroxyl groups excluding tert-OH is 1. The Labute approximate surface area is 185 Å². The standard InChI is InChI=1S/C22H29BrN2O5/c1-3-29-20-12-17(14-24-8-10-28-11-9-26)19(23)13-21(20)30-15-22(27)25-18-6-4-16(2)5-7-18/h4-7,12-13,24,26H,3,8-11,14-15H2,1-2H3,(H,25,27). The molecule has 164 valence electrons. The van der Waals surface area contributed by atoms with E-state index in [-0.39, 0.29) is 19.1 Å². The van der Waals surface area contributed by atoms with Crippen LogP contribution in [-0.2, 0) is 16.1 Å². The first-order chi connectivity index (χ1) is 14.5. The van der Waals surface area contributed by atoms with Crippen molar-refractivity contribution in [1.82, 2.24) is 5.32 Å². The smallest absolute Gasteiger partial charge is 0.262 e. The average Bonchev–Trinajstić information content (AvgIpc) is 2.73. The molecule has 2 aromatic carbocycles. The van der Waals surface area contributed by atoms with Gasteiger partial charge in [0.25, 0.3) is 5.91 Å². The van der Waals surface area contributed by atoms with Crippen molar-refractivity contribution in [2.45, 2.75) is 20.4 Å². The molecule has 0 aliphatic heterocycles. The molecule has 0 aliphatic carbocycles. The SMILES string of the molecule is CCOc1cc(CNCCOCCO)c(Br)cc1OCC(=O)Nc1ccc(C)cc1. The maximum atomic E-state index is 12.2. The summed E-state index contributed by atoms with van der Waals surface area (Å²) in [4.78, 5) is 12.2. The lowest BCUT2D eigenvalue weighted by atomic mass is 10.2. The van der Waals surface area contributed by atoms with Gasteiger partial charge in [-0.15, -0.1) is 0 Å². The fourth-order valence-corrected chi connectivity index (χ4v) is 3.07. The van der Waals surface area contributed by atoms with E-state index in [0.29, 0.717) is 44.4 Å². The van der Waals surface area contributed by atoms with Gasteiger partial charge in [0, 0.05) is 23.2 Å². The van der Waals surface area contributed by atoms with Gasteiger partial charge in [0.05, 0.1) is 26.4 Å². The first-order valence-corrected chi connectivity index (χ1v) is 10.7. The molecule has 0 atom stereocenters. The highest BCUT2D eigenvalue weighted by Crippen LogP contribution is 2.34. The van der Waals surface area contributed by atoms with E-state index in [1.54, 1.807) is 0 Å². The van der Waals surface area contributed by atoms with Crippen LogP contribution in [0.4, 0.5) is 5.69 Å². The van der Waals surface area contributed by atoms with Crippen LogP contribution in [-0.4, -0.2) is 50.6 Å². The molecule has 0 heterocycles. The van der Waals surface area contributed by atoms with Crippen molar-refractivity contribution in [2.75, 3.05) is 44.9 Å². The molecule has 0 spiro atoms. The van der Waals surface area contributed by atoms with Crippen molar-refractivity contribution in [3.63, 3.8) is 0 Å². The zero-order valence-corrected chi connectivity index (χ0v) is 19.0. The maximum absolute atomic E-state index is 12.2. The summed E-state index contributed by atoms with van der Waals surface area (Å²) in [5.74, 6) is 0.834. The van der Waals surface area contributed by atoms with E-state index in [0.717, 1.165) is 21.3 Å². The highest BCUT2D eigenvalue weighted by Gasteiger charge is 2.13. The van der Waals surface area contributed by atoms with E-state index in [2.05, 4.69) is 26.6 Å². The number of aliphatic hydroxyl groups is 1. The second-order valence-corrected chi connectivity index (χ2v) is 7.39. The number of benzene rings is 2. The third-order valence-corrected chi connectivity index (χ3v) is 4.82. The number of aryl methyl sites for hydroxylation is 1. The molecule has 1 amide bonds. The van der Waals surface area contributed by atoms with E-state index < -0.39 is 0 Å². The van der Waals surface area contributed by atoms with Crippen molar-refractivity contribution >= 4 is 27.5 Å². The van der Waals surface area contributed by atoms with Crippen molar-refractivity contribution in [3.05, 3.63) is 52.0 Å². The van der Waals surface area contributed by atoms with Crippen molar-refractivity contribution < 1.29 is 24.1 Å². The Bertz CT molecular complexity index is 799. The quantitative estimate of drug-likeness (QED) is 0.381. The maximum Gasteiger partial charge on any atom is 0.262 e. The van der Waals surface area contributed by atoms with E-state index in [9.17, 15) is 4.79 Å². The van der Waals surface area contributed by atoms with Crippen molar-refractivity contribution in [3.8, 4) is 11.5 Å². The highest BCUT2D eigenvalue weighted by molar-refractivity contribution is 9.10. The lowest BCUT2D eigenvalue weighted by molar-refractivity contribution is -0.118. The normalized spacial score (nSPS) is 10.7. The molecule has 2 aromatic rings. The fourth-order valence-electron chi connectivity index (χ4n) is 2.61. The van der Waals surface area contributed by atoms with Crippen LogP contribution in [0.1, 0.15) is 18.1 Å². The minimum Gasteiger partial charge on any atom is -0.490 e. The minimum atomic E-state index is -0.244. The van der Waals surface area contributed by atoms with Gasteiger partial charge in [-0.25, -0.2) is 0 Å². The van der Waals surface area contributed by atoms with Crippen LogP contribution in [0.3, 0.4) is 0 Å². The number of amides is 1. The van der Waals surface area contributed by atoms with Gasteiger partial charge in [-0.2, -0.15) is 0 Å². The predicted molar refractivity (Wildman–Crippen MR) is 120 cm³/mol. The third-order valence-electron chi connectivity index (χ3n) is 4.08. The number of anilines is 1. The van der Waals surface area contributed by atoms with Gasteiger partial charge in [-0.05, 0) is 43.7 Å². The lowest BCUT2D eigenvalue weighted by Gasteiger charge is -2.15. The molecule has 0 aliphatic rings. The van der Waals surface area contributed by atoms with Crippen molar-refractivity contribution in [1.29, 1.82) is 0 Å². The lowest BCUT2D eigenvalue weighted by Crippen LogP contribution is -2.21. The van der Waals surface area contributed by atoms with Crippen LogP contribution in [0, 0.1) is 6.92 Å². The Balaban J connectivity index is 1.93. The molecule has 0 unspecified atom stereocenters. The summed E-state index contributed by atoms with van der Waals surface area (Å²) >= 11 is 3.55. The molecule has 30 heavy (non-hydrogen) atoms. The number of hydrogen-bond acceptors (Lipinski definition) is 6. The molecule has 0 saturated carbocycles. The molecule has 0 aromatic heterocycles. The first-order valence-electron chi connectivity index (χ1n) is 9.87. The third kappa shape index (κ3) is 8.31. The summed E-state index contributed by atoms with van der Waals surface area (Å²) in [6, 6.07) is 11.3. The monoisotopic (exact) mass is 480 g/mol. The summed E-state index contributed by atoms with van der Waals surface area (Å²) in [7, 11) is 0. The predicted octanol–water partition coefficient (Wildman–Crippen LogP) is 3.27.